The largest absolute Gasteiger partial charge is 0.489 e. The van der Waals surface area contributed by atoms with E-state index in [0.29, 0.717) is 6.61 Å². The Morgan fingerprint density at radius 2 is 1.70 bits per heavy atom. The molecule has 0 saturated heterocycles. The van der Waals surface area contributed by atoms with Crippen LogP contribution < -0.4 is 10.5 Å². The number of hydrogen-bond acceptors (Lipinski definition) is 3. The van der Waals surface area contributed by atoms with Crippen LogP contribution in [0, 0.1) is 11.3 Å². The van der Waals surface area contributed by atoms with E-state index in [1.54, 1.807) is 0 Å². The molecule has 0 heterocycles. The Hall–Kier alpha value is -2.02. The summed E-state index contributed by atoms with van der Waals surface area (Å²) in [6.07, 6.45) is 0.283. The number of rotatable bonds is 5. The van der Waals surface area contributed by atoms with Gasteiger partial charge in [-0.05, 0) is 11.6 Å². The van der Waals surface area contributed by atoms with Crippen LogP contribution in [-0.4, -0.2) is 0 Å². The van der Waals surface area contributed by atoms with Crippen LogP contribution in [0.4, 0.5) is 0 Å². The summed E-state index contributed by atoms with van der Waals surface area (Å²) in [5.74, 6) is 0.745. The average molecular weight is 289 g/mol. The minimum Gasteiger partial charge on any atom is -0.489 e. The zero-order valence-corrected chi connectivity index (χ0v) is 11.8. The normalized spacial score (nSPS) is 11.0. The van der Waals surface area contributed by atoms with Gasteiger partial charge in [0, 0.05) is 11.6 Å². The van der Waals surface area contributed by atoms with E-state index in [0.717, 1.165) is 16.9 Å². The molecule has 3 nitrogen and oxygen atoms in total. The highest BCUT2D eigenvalue weighted by Crippen LogP contribution is 2.26. The first-order valence-electron chi connectivity index (χ1n) is 6.19. The van der Waals surface area contributed by atoms with Gasteiger partial charge in [0.25, 0.3) is 0 Å². The van der Waals surface area contributed by atoms with Gasteiger partial charge in [0.2, 0.25) is 0 Å². The van der Waals surface area contributed by atoms with Crippen molar-refractivity contribution in [2.24, 2.45) is 5.73 Å². The molecule has 0 unspecified atom stereocenters. The number of para-hydroxylation sites is 1. The van der Waals surface area contributed by atoms with E-state index in [2.05, 4.69) is 6.07 Å². The van der Waals surface area contributed by atoms with E-state index in [9.17, 15) is 0 Å². The lowest BCUT2D eigenvalue weighted by atomic mass is 10.0. The van der Waals surface area contributed by atoms with Crippen LogP contribution in [0.5, 0.6) is 5.75 Å². The molecule has 4 heteroatoms. The lowest BCUT2D eigenvalue weighted by Crippen LogP contribution is -2.11. The molecule has 104 valence electrons. The number of nitrogens with two attached hydrogens (primary N) is 1. The second kappa shape index (κ2) is 8.21. The zero-order valence-electron chi connectivity index (χ0n) is 11.0. The van der Waals surface area contributed by atoms with Crippen LogP contribution >= 0.6 is 12.4 Å². The summed E-state index contributed by atoms with van der Waals surface area (Å²) in [7, 11) is 0. The summed E-state index contributed by atoms with van der Waals surface area (Å²) < 4.78 is 5.80. The molecule has 2 aromatic carbocycles. The third-order valence-electron chi connectivity index (χ3n) is 2.87. The minimum absolute atomic E-state index is 0. The van der Waals surface area contributed by atoms with Gasteiger partial charge in [0.15, 0.2) is 0 Å². The van der Waals surface area contributed by atoms with Crippen LogP contribution in [0.3, 0.4) is 0 Å². The van der Waals surface area contributed by atoms with Crippen molar-refractivity contribution in [2.45, 2.75) is 19.1 Å². The summed E-state index contributed by atoms with van der Waals surface area (Å²) in [5, 5.41) is 8.73. The van der Waals surface area contributed by atoms with E-state index in [1.807, 2.05) is 54.6 Å². The van der Waals surface area contributed by atoms with E-state index in [-0.39, 0.29) is 24.9 Å². The molecule has 2 aromatic rings. The second-order valence-electron chi connectivity index (χ2n) is 4.28. The molecule has 0 spiro atoms. The maximum atomic E-state index is 8.73. The van der Waals surface area contributed by atoms with Crippen molar-refractivity contribution in [3.8, 4) is 11.8 Å². The van der Waals surface area contributed by atoms with E-state index in [4.69, 9.17) is 15.7 Å². The molecule has 0 aliphatic rings. The average Bonchev–Trinajstić information content (AvgIpc) is 2.47. The van der Waals surface area contributed by atoms with Crippen molar-refractivity contribution >= 4 is 12.4 Å². The lowest BCUT2D eigenvalue weighted by Gasteiger charge is -2.14. The fourth-order valence-electron chi connectivity index (χ4n) is 1.86. The molecular formula is C16H17ClN2O. The highest BCUT2D eigenvalue weighted by atomic mass is 35.5. The predicted molar refractivity (Wildman–Crippen MR) is 81.6 cm³/mol. The van der Waals surface area contributed by atoms with Crippen molar-refractivity contribution in [2.75, 3.05) is 0 Å². The molecule has 0 amide bonds. The topological polar surface area (TPSA) is 59.0 Å². The Morgan fingerprint density at radius 3 is 2.40 bits per heavy atom. The molecule has 0 aromatic heterocycles. The Bertz CT molecular complexity index is 566. The van der Waals surface area contributed by atoms with Crippen molar-refractivity contribution in [1.29, 1.82) is 5.26 Å². The molecule has 2 N–H and O–H groups in total. The van der Waals surface area contributed by atoms with Crippen LogP contribution in [0.1, 0.15) is 23.6 Å². The number of hydrogen-bond donors (Lipinski definition) is 1. The molecular weight excluding hydrogens is 272 g/mol. The number of ether oxygens (including phenoxy) is 1. The molecule has 0 saturated carbocycles. The van der Waals surface area contributed by atoms with Crippen molar-refractivity contribution < 1.29 is 4.74 Å². The van der Waals surface area contributed by atoms with Gasteiger partial charge in [-0.2, -0.15) is 5.26 Å². The Morgan fingerprint density at radius 1 is 1.05 bits per heavy atom. The van der Waals surface area contributed by atoms with Crippen LogP contribution in [-0.2, 0) is 6.61 Å². The minimum atomic E-state index is -0.308. The summed E-state index contributed by atoms with van der Waals surface area (Å²) in [6.45, 7) is 0.497. The van der Waals surface area contributed by atoms with Crippen molar-refractivity contribution in [3.05, 3.63) is 65.7 Å². The van der Waals surface area contributed by atoms with Gasteiger partial charge < -0.3 is 10.5 Å². The number of nitrogens with zero attached hydrogens (tertiary/aromatic N) is 1. The molecule has 1 atom stereocenters. The second-order valence-corrected chi connectivity index (χ2v) is 4.28. The van der Waals surface area contributed by atoms with Crippen LogP contribution in [0.25, 0.3) is 0 Å². The third kappa shape index (κ3) is 4.27. The summed E-state index contributed by atoms with van der Waals surface area (Å²) in [4.78, 5) is 0. The Labute approximate surface area is 125 Å². The first kappa shape index (κ1) is 16.0. The zero-order chi connectivity index (χ0) is 13.5. The highest BCUT2D eigenvalue weighted by molar-refractivity contribution is 5.85. The van der Waals surface area contributed by atoms with E-state index in [1.165, 1.54) is 0 Å². The summed E-state index contributed by atoms with van der Waals surface area (Å²) in [5.41, 5.74) is 7.95. The van der Waals surface area contributed by atoms with Gasteiger partial charge in [-0.1, -0.05) is 48.5 Å². The predicted octanol–water partition coefficient (Wildman–Crippen LogP) is 3.60. The quantitative estimate of drug-likeness (QED) is 0.914. The highest BCUT2D eigenvalue weighted by Gasteiger charge is 2.11. The van der Waals surface area contributed by atoms with E-state index < -0.39 is 0 Å². The Kier molecular flexibility index (Phi) is 6.58. The maximum absolute atomic E-state index is 8.73. The van der Waals surface area contributed by atoms with E-state index >= 15 is 0 Å². The molecule has 20 heavy (non-hydrogen) atoms. The summed E-state index contributed by atoms with van der Waals surface area (Å²) >= 11 is 0. The molecule has 0 aliphatic carbocycles. The monoisotopic (exact) mass is 288 g/mol. The van der Waals surface area contributed by atoms with Crippen LogP contribution in [0.15, 0.2) is 54.6 Å². The standard InChI is InChI=1S/C16H16N2O.ClH/c17-11-10-15(18)14-8-4-5-9-16(14)19-12-13-6-2-1-3-7-13;/h1-9,15H,10,12,18H2;1H/t15-;/m1./s1. The van der Waals surface area contributed by atoms with Gasteiger partial charge >= 0.3 is 0 Å². The fraction of sp³-hybridized carbons (Fsp3) is 0.188. The molecule has 0 fully saturated rings. The van der Waals surface area contributed by atoms with Gasteiger partial charge in [0.1, 0.15) is 12.4 Å². The van der Waals surface area contributed by atoms with Gasteiger partial charge in [-0.15, -0.1) is 12.4 Å². The molecule has 0 bridgehead atoms. The third-order valence-corrected chi connectivity index (χ3v) is 2.87. The molecule has 2 rings (SSSR count). The van der Waals surface area contributed by atoms with Gasteiger partial charge in [-0.3, -0.25) is 0 Å². The maximum Gasteiger partial charge on any atom is 0.124 e. The van der Waals surface area contributed by atoms with Gasteiger partial charge in [-0.25, -0.2) is 0 Å². The smallest absolute Gasteiger partial charge is 0.124 e. The fourth-order valence-corrected chi connectivity index (χ4v) is 1.86. The molecule has 0 radical (unpaired) electrons. The summed E-state index contributed by atoms with van der Waals surface area (Å²) in [6, 6.07) is 19.3. The van der Waals surface area contributed by atoms with Crippen molar-refractivity contribution in [1.82, 2.24) is 0 Å². The molecule has 0 aliphatic heterocycles. The first-order valence-corrected chi connectivity index (χ1v) is 6.19. The lowest BCUT2D eigenvalue weighted by molar-refractivity contribution is 0.301. The number of benzene rings is 2. The SMILES string of the molecule is Cl.N#CC[C@@H](N)c1ccccc1OCc1ccccc1. The number of halogens is 1. The van der Waals surface area contributed by atoms with Crippen LogP contribution in [0.2, 0.25) is 0 Å². The van der Waals surface area contributed by atoms with Gasteiger partial charge in [0.05, 0.1) is 12.5 Å². The van der Waals surface area contributed by atoms with Crippen molar-refractivity contribution in [3.63, 3.8) is 0 Å². The Balaban J connectivity index is 0.00000200. The first-order chi connectivity index (χ1) is 9.31. The number of nitriles is 1.